The number of rotatable bonds is 3. The van der Waals surface area contributed by atoms with Gasteiger partial charge in [0.1, 0.15) is 5.69 Å². The second-order valence-corrected chi connectivity index (χ2v) is 4.81. The molecule has 0 fully saturated rings. The van der Waals surface area contributed by atoms with E-state index in [1.165, 1.54) is 23.4 Å². The SMILES string of the molecule is Cc1cnc(C(=O)N(C)C(C)c2ccc(F)c(F)c2)cn1. The van der Waals surface area contributed by atoms with Gasteiger partial charge in [0.15, 0.2) is 11.6 Å². The molecule has 0 N–H and O–H groups in total. The Morgan fingerprint density at radius 1 is 1.19 bits per heavy atom. The van der Waals surface area contributed by atoms with E-state index < -0.39 is 17.7 Å². The van der Waals surface area contributed by atoms with Crippen LogP contribution in [0.25, 0.3) is 0 Å². The van der Waals surface area contributed by atoms with Gasteiger partial charge in [-0.05, 0) is 31.5 Å². The van der Waals surface area contributed by atoms with Crippen LogP contribution in [0, 0.1) is 18.6 Å². The lowest BCUT2D eigenvalue weighted by Crippen LogP contribution is -2.30. The van der Waals surface area contributed by atoms with Gasteiger partial charge in [0, 0.05) is 13.2 Å². The van der Waals surface area contributed by atoms with E-state index in [-0.39, 0.29) is 11.6 Å². The number of carbonyl (C=O) groups excluding carboxylic acids is 1. The highest BCUT2D eigenvalue weighted by Gasteiger charge is 2.21. The molecule has 2 aromatic rings. The van der Waals surface area contributed by atoms with Gasteiger partial charge in [-0.15, -0.1) is 0 Å². The van der Waals surface area contributed by atoms with Crippen LogP contribution in [0.15, 0.2) is 30.6 Å². The summed E-state index contributed by atoms with van der Waals surface area (Å²) in [5.74, 6) is -2.18. The summed E-state index contributed by atoms with van der Waals surface area (Å²) in [6, 6.07) is 3.17. The van der Waals surface area contributed by atoms with Crippen molar-refractivity contribution in [1.29, 1.82) is 0 Å². The minimum Gasteiger partial charge on any atom is -0.334 e. The average molecular weight is 291 g/mol. The summed E-state index contributed by atoms with van der Waals surface area (Å²) in [4.78, 5) is 21.7. The van der Waals surface area contributed by atoms with Crippen molar-refractivity contribution < 1.29 is 13.6 Å². The molecule has 21 heavy (non-hydrogen) atoms. The number of nitrogens with zero attached hydrogens (tertiary/aromatic N) is 3. The highest BCUT2D eigenvalue weighted by atomic mass is 19.2. The van der Waals surface area contributed by atoms with E-state index in [2.05, 4.69) is 9.97 Å². The predicted octanol–water partition coefficient (Wildman–Crippen LogP) is 2.90. The van der Waals surface area contributed by atoms with E-state index in [1.54, 1.807) is 20.9 Å². The first-order valence-corrected chi connectivity index (χ1v) is 6.41. The fourth-order valence-electron chi connectivity index (χ4n) is 1.86. The van der Waals surface area contributed by atoms with Gasteiger partial charge in [0.05, 0.1) is 17.9 Å². The maximum absolute atomic E-state index is 13.3. The second-order valence-electron chi connectivity index (χ2n) is 4.81. The van der Waals surface area contributed by atoms with Gasteiger partial charge < -0.3 is 4.90 Å². The van der Waals surface area contributed by atoms with Gasteiger partial charge in [0.25, 0.3) is 5.91 Å². The largest absolute Gasteiger partial charge is 0.334 e. The first-order valence-electron chi connectivity index (χ1n) is 6.41. The van der Waals surface area contributed by atoms with Crippen molar-refractivity contribution in [2.24, 2.45) is 0 Å². The van der Waals surface area contributed by atoms with Crippen LogP contribution in [0.3, 0.4) is 0 Å². The van der Waals surface area contributed by atoms with Gasteiger partial charge in [-0.25, -0.2) is 13.8 Å². The molecular formula is C15H15F2N3O. The number of halogens is 2. The summed E-state index contributed by atoms with van der Waals surface area (Å²) in [5.41, 5.74) is 1.42. The standard InChI is InChI=1S/C15H15F2N3O/c1-9-7-19-14(8-18-9)15(21)20(3)10(2)11-4-5-12(16)13(17)6-11/h4-8,10H,1-3H3. The molecule has 1 amide bonds. The molecule has 0 spiro atoms. The maximum atomic E-state index is 13.3. The van der Waals surface area contributed by atoms with Crippen LogP contribution in [-0.2, 0) is 0 Å². The molecule has 0 bridgehead atoms. The maximum Gasteiger partial charge on any atom is 0.274 e. The van der Waals surface area contributed by atoms with Crippen molar-refractivity contribution in [3.8, 4) is 0 Å². The third-order valence-corrected chi connectivity index (χ3v) is 3.33. The normalized spacial score (nSPS) is 12.0. The van der Waals surface area contributed by atoms with Gasteiger partial charge in [-0.1, -0.05) is 6.07 Å². The summed E-state index contributed by atoms with van der Waals surface area (Å²) in [6.45, 7) is 3.50. The average Bonchev–Trinajstić information content (AvgIpc) is 2.48. The zero-order valence-corrected chi connectivity index (χ0v) is 12.0. The summed E-state index contributed by atoms with van der Waals surface area (Å²) >= 11 is 0. The highest BCUT2D eigenvalue weighted by Crippen LogP contribution is 2.22. The Kier molecular flexibility index (Phi) is 4.26. The monoisotopic (exact) mass is 291 g/mol. The Morgan fingerprint density at radius 2 is 1.90 bits per heavy atom. The first kappa shape index (κ1) is 15.0. The van der Waals surface area contributed by atoms with Crippen molar-refractivity contribution >= 4 is 5.91 Å². The number of carbonyl (C=O) groups is 1. The Balaban J connectivity index is 2.21. The van der Waals surface area contributed by atoms with E-state index >= 15 is 0 Å². The lowest BCUT2D eigenvalue weighted by atomic mass is 10.1. The van der Waals surface area contributed by atoms with Gasteiger partial charge in [-0.2, -0.15) is 0 Å². The Bertz CT molecular complexity index is 658. The molecule has 110 valence electrons. The number of aromatic nitrogens is 2. The number of hydrogen-bond donors (Lipinski definition) is 0. The lowest BCUT2D eigenvalue weighted by Gasteiger charge is -2.25. The van der Waals surface area contributed by atoms with E-state index in [9.17, 15) is 13.6 Å². The van der Waals surface area contributed by atoms with Crippen molar-refractivity contribution in [2.75, 3.05) is 7.05 Å². The van der Waals surface area contributed by atoms with Crippen LogP contribution in [0.1, 0.15) is 34.7 Å². The number of amides is 1. The van der Waals surface area contributed by atoms with Crippen molar-refractivity contribution in [2.45, 2.75) is 19.9 Å². The van der Waals surface area contributed by atoms with E-state index in [0.717, 1.165) is 12.1 Å². The fourth-order valence-corrected chi connectivity index (χ4v) is 1.86. The third-order valence-electron chi connectivity index (χ3n) is 3.33. The highest BCUT2D eigenvalue weighted by molar-refractivity contribution is 5.92. The zero-order valence-electron chi connectivity index (χ0n) is 12.0. The molecule has 0 saturated carbocycles. The molecule has 0 aliphatic heterocycles. The van der Waals surface area contributed by atoms with E-state index in [1.807, 2.05) is 0 Å². The van der Waals surface area contributed by atoms with Gasteiger partial charge in [-0.3, -0.25) is 9.78 Å². The minimum absolute atomic E-state index is 0.206. The Hall–Kier alpha value is -2.37. The van der Waals surface area contributed by atoms with Crippen LogP contribution < -0.4 is 0 Å². The zero-order chi connectivity index (χ0) is 15.6. The molecule has 1 aromatic carbocycles. The van der Waals surface area contributed by atoms with Crippen LogP contribution in [0.4, 0.5) is 8.78 Å². The molecule has 1 aromatic heterocycles. The van der Waals surface area contributed by atoms with Crippen molar-refractivity contribution in [3.63, 3.8) is 0 Å². The van der Waals surface area contributed by atoms with Crippen LogP contribution in [-0.4, -0.2) is 27.8 Å². The number of benzene rings is 1. The molecule has 0 radical (unpaired) electrons. The van der Waals surface area contributed by atoms with Crippen LogP contribution >= 0.6 is 0 Å². The molecule has 4 nitrogen and oxygen atoms in total. The Labute approximate surface area is 121 Å². The summed E-state index contributed by atoms with van der Waals surface area (Å²) in [6.07, 6.45) is 2.90. The lowest BCUT2D eigenvalue weighted by molar-refractivity contribution is 0.0736. The smallest absolute Gasteiger partial charge is 0.274 e. The van der Waals surface area contributed by atoms with Gasteiger partial charge >= 0.3 is 0 Å². The van der Waals surface area contributed by atoms with Crippen molar-refractivity contribution in [3.05, 3.63) is 59.2 Å². The molecule has 0 aliphatic rings. The number of aryl methyl sites for hydroxylation is 1. The van der Waals surface area contributed by atoms with Crippen LogP contribution in [0.5, 0.6) is 0 Å². The third kappa shape index (κ3) is 3.21. The molecule has 1 heterocycles. The van der Waals surface area contributed by atoms with Crippen LogP contribution in [0.2, 0.25) is 0 Å². The summed E-state index contributed by atoms with van der Waals surface area (Å²) < 4.78 is 26.2. The summed E-state index contributed by atoms with van der Waals surface area (Å²) in [5, 5.41) is 0. The van der Waals surface area contributed by atoms with Gasteiger partial charge in [0.2, 0.25) is 0 Å². The fraction of sp³-hybridized carbons (Fsp3) is 0.267. The molecule has 0 aliphatic carbocycles. The van der Waals surface area contributed by atoms with E-state index in [0.29, 0.717) is 11.3 Å². The molecule has 2 rings (SSSR count). The quantitative estimate of drug-likeness (QED) is 0.873. The minimum atomic E-state index is -0.935. The number of hydrogen-bond acceptors (Lipinski definition) is 3. The Morgan fingerprint density at radius 3 is 2.48 bits per heavy atom. The van der Waals surface area contributed by atoms with E-state index in [4.69, 9.17) is 0 Å². The predicted molar refractivity (Wildman–Crippen MR) is 73.6 cm³/mol. The summed E-state index contributed by atoms with van der Waals surface area (Å²) in [7, 11) is 1.58. The first-order chi connectivity index (χ1) is 9.90. The second kappa shape index (κ2) is 5.95. The van der Waals surface area contributed by atoms with Crippen molar-refractivity contribution in [1.82, 2.24) is 14.9 Å². The molecule has 6 heteroatoms. The molecular weight excluding hydrogens is 276 g/mol. The molecule has 0 saturated heterocycles. The topological polar surface area (TPSA) is 46.1 Å². The molecule has 1 unspecified atom stereocenters. The molecule has 1 atom stereocenters.